The molecule has 0 radical (unpaired) electrons. The Balaban J connectivity index is 1.75. The number of pyridine rings is 1. The molecule has 0 spiro atoms. The smallest absolute Gasteiger partial charge is 0.258 e. The normalized spacial score (nSPS) is 11.2. The van der Waals surface area contributed by atoms with Crippen LogP contribution in [0.1, 0.15) is 18.3 Å². The Morgan fingerprint density at radius 2 is 1.78 bits per heavy atom. The molecule has 3 aromatic heterocycles. The van der Waals surface area contributed by atoms with Crippen LogP contribution in [0.25, 0.3) is 28.5 Å². The molecular weight excluding hydrogens is 290 g/mol. The van der Waals surface area contributed by atoms with Gasteiger partial charge in [-0.2, -0.15) is 4.98 Å². The van der Waals surface area contributed by atoms with E-state index in [0.29, 0.717) is 11.7 Å². The van der Waals surface area contributed by atoms with E-state index in [1.54, 1.807) is 0 Å². The van der Waals surface area contributed by atoms with Crippen molar-refractivity contribution in [1.82, 2.24) is 24.7 Å². The molecule has 4 aromatic rings. The zero-order valence-electron chi connectivity index (χ0n) is 12.9. The summed E-state index contributed by atoms with van der Waals surface area (Å²) in [4.78, 5) is 4.50. The molecule has 0 unspecified atom stereocenters. The maximum atomic E-state index is 5.39. The van der Waals surface area contributed by atoms with Gasteiger partial charge in [-0.3, -0.25) is 4.40 Å². The van der Waals surface area contributed by atoms with Crippen LogP contribution >= 0.6 is 0 Å². The van der Waals surface area contributed by atoms with Crippen LogP contribution in [0.3, 0.4) is 0 Å². The second kappa shape index (κ2) is 5.31. The van der Waals surface area contributed by atoms with Gasteiger partial charge in [0.05, 0.1) is 0 Å². The van der Waals surface area contributed by atoms with Gasteiger partial charge in [0, 0.05) is 23.7 Å². The summed E-state index contributed by atoms with van der Waals surface area (Å²) in [6.45, 7) is 4.09. The maximum Gasteiger partial charge on any atom is 0.258 e. The molecule has 0 saturated heterocycles. The van der Waals surface area contributed by atoms with Crippen molar-refractivity contribution in [2.45, 2.75) is 20.3 Å². The third kappa shape index (κ3) is 2.38. The lowest BCUT2D eigenvalue weighted by Crippen LogP contribution is -1.93. The molecule has 0 fully saturated rings. The number of aryl methyl sites for hydroxylation is 2. The lowest BCUT2D eigenvalue weighted by atomic mass is 10.1. The summed E-state index contributed by atoms with van der Waals surface area (Å²) in [5, 5.41) is 12.4. The molecule has 0 atom stereocenters. The maximum absolute atomic E-state index is 5.39. The number of rotatable bonds is 3. The number of hydrogen-bond donors (Lipinski definition) is 0. The molecule has 4 rings (SSSR count). The highest BCUT2D eigenvalue weighted by molar-refractivity contribution is 5.61. The third-order valence-electron chi connectivity index (χ3n) is 3.77. The molecule has 0 aliphatic rings. The predicted molar refractivity (Wildman–Crippen MR) is 85.8 cm³/mol. The quantitative estimate of drug-likeness (QED) is 0.581. The van der Waals surface area contributed by atoms with E-state index in [-0.39, 0.29) is 0 Å². The van der Waals surface area contributed by atoms with Crippen LogP contribution in [0, 0.1) is 6.92 Å². The zero-order valence-corrected chi connectivity index (χ0v) is 12.9. The van der Waals surface area contributed by atoms with E-state index in [4.69, 9.17) is 4.52 Å². The zero-order chi connectivity index (χ0) is 15.8. The summed E-state index contributed by atoms with van der Waals surface area (Å²) in [6, 6.07) is 11.8. The first kappa shape index (κ1) is 13.6. The van der Waals surface area contributed by atoms with Crippen molar-refractivity contribution < 1.29 is 4.52 Å². The third-order valence-corrected chi connectivity index (χ3v) is 3.77. The van der Waals surface area contributed by atoms with Gasteiger partial charge in [-0.1, -0.05) is 29.8 Å². The first-order valence-corrected chi connectivity index (χ1v) is 7.49. The van der Waals surface area contributed by atoms with Gasteiger partial charge in [0.2, 0.25) is 5.82 Å². The highest BCUT2D eigenvalue weighted by atomic mass is 16.5. The van der Waals surface area contributed by atoms with Crippen molar-refractivity contribution in [2.24, 2.45) is 0 Å². The first-order valence-electron chi connectivity index (χ1n) is 7.49. The molecule has 0 aliphatic heterocycles. The lowest BCUT2D eigenvalue weighted by molar-refractivity contribution is 0.432. The minimum atomic E-state index is 0.513. The first-order chi connectivity index (χ1) is 11.2. The average Bonchev–Trinajstić information content (AvgIpc) is 3.21. The van der Waals surface area contributed by atoms with E-state index in [2.05, 4.69) is 20.3 Å². The van der Waals surface area contributed by atoms with Gasteiger partial charge in [-0.05, 0) is 31.2 Å². The highest BCUT2D eigenvalue weighted by Gasteiger charge is 2.12. The Kier molecular flexibility index (Phi) is 3.15. The Morgan fingerprint density at radius 3 is 2.57 bits per heavy atom. The molecule has 6 heteroatoms. The topological polar surface area (TPSA) is 69.1 Å². The van der Waals surface area contributed by atoms with Crippen LogP contribution in [0.2, 0.25) is 0 Å². The van der Waals surface area contributed by atoms with Crippen LogP contribution in [-0.4, -0.2) is 24.7 Å². The minimum absolute atomic E-state index is 0.513. The molecule has 3 heterocycles. The van der Waals surface area contributed by atoms with Gasteiger partial charge in [0.15, 0.2) is 5.65 Å². The largest absolute Gasteiger partial charge is 0.334 e. The van der Waals surface area contributed by atoms with Gasteiger partial charge in [0.25, 0.3) is 5.89 Å². The van der Waals surface area contributed by atoms with Crippen molar-refractivity contribution >= 4 is 5.65 Å². The molecule has 1 aromatic carbocycles. The molecule has 23 heavy (non-hydrogen) atoms. The highest BCUT2D eigenvalue weighted by Crippen LogP contribution is 2.23. The molecule has 6 nitrogen and oxygen atoms in total. The van der Waals surface area contributed by atoms with E-state index in [1.807, 2.05) is 60.8 Å². The Morgan fingerprint density at radius 1 is 1.00 bits per heavy atom. The van der Waals surface area contributed by atoms with Crippen LogP contribution < -0.4 is 0 Å². The van der Waals surface area contributed by atoms with Crippen molar-refractivity contribution in [3.63, 3.8) is 0 Å². The van der Waals surface area contributed by atoms with E-state index in [1.165, 1.54) is 5.56 Å². The Labute approximate surface area is 132 Å². The second-order valence-electron chi connectivity index (χ2n) is 5.40. The predicted octanol–water partition coefficient (Wildman–Crippen LogP) is 3.32. The molecule has 0 N–H and O–H groups in total. The van der Waals surface area contributed by atoms with Crippen LogP contribution in [0.15, 0.2) is 47.1 Å². The monoisotopic (exact) mass is 305 g/mol. The van der Waals surface area contributed by atoms with Gasteiger partial charge in [0.1, 0.15) is 5.82 Å². The summed E-state index contributed by atoms with van der Waals surface area (Å²) in [5.74, 6) is 1.97. The van der Waals surface area contributed by atoms with Crippen molar-refractivity contribution in [3.8, 4) is 22.8 Å². The van der Waals surface area contributed by atoms with E-state index >= 15 is 0 Å². The van der Waals surface area contributed by atoms with Gasteiger partial charge in [-0.25, -0.2) is 0 Å². The van der Waals surface area contributed by atoms with Crippen molar-refractivity contribution in [3.05, 3.63) is 54.0 Å². The van der Waals surface area contributed by atoms with E-state index in [9.17, 15) is 0 Å². The van der Waals surface area contributed by atoms with Crippen LogP contribution in [0.5, 0.6) is 0 Å². The standard InChI is InChI=1S/C17H15N5O/c1-3-14-19-20-15-9-8-13(10-22(14)15)16-18-17(23-21-16)12-6-4-11(2)5-7-12/h4-10H,3H2,1-2H3. The molecule has 0 saturated carbocycles. The molecule has 0 aliphatic carbocycles. The molecule has 114 valence electrons. The fourth-order valence-corrected chi connectivity index (χ4v) is 2.47. The summed E-state index contributed by atoms with van der Waals surface area (Å²) in [5.41, 5.74) is 3.79. The lowest BCUT2D eigenvalue weighted by Gasteiger charge is -1.99. The second-order valence-corrected chi connectivity index (χ2v) is 5.40. The van der Waals surface area contributed by atoms with Gasteiger partial charge < -0.3 is 4.52 Å². The summed E-state index contributed by atoms with van der Waals surface area (Å²) in [7, 11) is 0. The van der Waals surface area contributed by atoms with Crippen LogP contribution in [-0.2, 0) is 6.42 Å². The molecule has 0 amide bonds. The SMILES string of the molecule is CCc1nnc2ccc(-c3noc(-c4ccc(C)cc4)n3)cn12. The van der Waals surface area contributed by atoms with Crippen molar-refractivity contribution in [2.75, 3.05) is 0 Å². The Bertz CT molecular complexity index is 968. The summed E-state index contributed by atoms with van der Waals surface area (Å²) >= 11 is 0. The summed E-state index contributed by atoms with van der Waals surface area (Å²) in [6.07, 6.45) is 2.75. The number of fused-ring (bicyclic) bond motifs is 1. The fraction of sp³-hybridized carbons (Fsp3) is 0.176. The van der Waals surface area contributed by atoms with Gasteiger partial charge >= 0.3 is 0 Å². The molecular formula is C17H15N5O. The minimum Gasteiger partial charge on any atom is -0.334 e. The number of hydrogen-bond acceptors (Lipinski definition) is 5. The Hall–Kier alpha value is -3.02. The number of aromatic nitrogens is 5. The van der Waals surface area contributed by atoms with Gasteiger partial charge in [-0.15, -0.1) is 10.2 Å². The molecule has 0 bridgehead atoms. The van der Waals surface area contributed by atoms with E-state index in [0.717, 1.165) is 29.0 Å². The van der Waals surface area contributed by atoms with E-state index < -0.39 is 0 Å². The van der Waals surface area contributed by atoms with Crippen molar-refractivity contribution in [1.29, 1.82) is 0 Å². The summed E-state index contributed by atoms with van der Waals surface area (Å²) < 4.78 is 7.35. The number of nitrogens with zero attached hydrogens (tertiary/aromatic N) is 5. The fourth-order valence-electron chi connectivity index (χ4n) is 2.47. The van der Waals surface area contributed by atoms with Crippen LogP contribution in [0.4, 0.5) is 0 Å². The average molecular weight is 305 g/mol. The number of benzene rings is 1.